The molecule has 0 saturated heterocycles. The van der Waals surface area contributed by atoms with Gasteiger partial charge in [-0.2, -0.15) is 0 Å². The van der Waals surface area contributed by atoms with Crippen molar-refractivity contribution in [3.8, 4) is 0 Å². The Labute approximate surface area is 115 Å². The second-order valence-electron chi connectivity index (χ2n) is 4.56. The Bertz CT molecular complexity index is 710. The van der Waals surface area contributed by atoms with Crippen LogP contribution >= 0.6 is 11.3 Å². The maximum atomic E-state index is 9.41. The van der Waals surface area contributed by atoms with Gasteiger partial charge < -0.3 is 9.67 Å². The zero-order chi connectivity index (χ0) is 13.4. The highest BCUT2D eigenvalue weighted by molar-refractivity contribution is 7.11. The molecule has 3 aromatic rings. The summed E-state index contributed by atoms with van der Waals surface area (Å²) >= 11 is 1.71. The quantitative estimate of drug-likeness (QED) is 0.798. The van der Waals surface area contributed by atoms with Crippen LogP contribution in [0.1, 0.15) is 21.1 Å². The molecule has 0 aliphatic rings. The Kier molecular flexibility index (Phi) is 3.08. The average molecular weight is 273 g/mol. The highest BCUT2D eigenvalue weighted by Gasteiger charge is 2.11. The van der Waals surface area contributed by atoms with Gasteiger partial charge in [-0.25, -0.2) is 9.97 Å². The Morgan fingerprint density at radius 1 is 1.37 bits per heavy atom. The van der Waals surface area contributed by atoms with Gasteiger partial charge in [0.15, 0.2) is 0 Å². The number of aryl methyl sites for hydroxylation is 2. The molecule has 0 spiro atoms. The molecule has 0 aliphatic heterocycles. The number of rotatable bonds is 3. The largest absolute Gasteiger partial charge is 0.392 e. The number of aliphatic hydroxyl groups is 1. The third-order valence-corrected chi connectivity index (χ3v) is 4.32. The Hall–Kier alpha value is -1.72. The molecular weight excluding hydrogens is 258 g/mol. The molecule has 0 unspecified atom stereocenters. The molecule has 3 rings (SSSR count). The predicted octanol–water partition coefficient (Wildman–Crippen LogP) is 2.65. The summed E-state index contributed by atoms with van der Waals surface area (Å²) in [4.78, 5) is 10.2. The van der Waals surface area contributed by atoms with Gasteiger partial charge in [-0.15, -0.1) is 11.3 Å². The second kappa shape index (κ2) is 4.75. The fourth-order valence-electron chi connectivity index (χ4n) is 2.19. The van der Waals surface area contributed by atoms with E-state index in [4.69, 9.17) is 0 Å². The molecule has 0 aliphatic carbocycles. The van der Waals surface area contributed by atoms with Crippen molar-refractivity contribution in [2.45, 2.75) is 27.0 Å². The molecular formula is C14H15N3OS. The second-order valence-corrected chi connectivity index (χ2v) is 5.85. The number of thiazole rings is 1. The normalized spacial score (nSPS) is 11.3. The lowest BCUT2D eigenvalue weighted by Crippen LogP contribution is -1.98. The number of nitrogens with zero attached hydrogens (tertiary/aromatic N) is 3. The van der Waals surface area contributed by atoms with Crippen molar-refractivity contribution in [1.82, 2.24) is 14.5 Å². The summed E-state index contributed by atoms with van der Waals surface area (Å²) in [5, 5.41) is 11.5. The smallest absolute Gasteiger partial charge is 0.140 e. The highest BCUT2D eigenvalue weighted by atomic mass is 32.1. The minimum Gasteiger partial charge on any atom is -0.392 e. The third-order valence-electron chi connectivity index (χ3n) is 3.27. The zero-order valence-electron chi connectivity index (χ0n) is 10.9. The van der Waals surface area contributed by atoms with Gasteiger partial charge in [0.1, 0.15) is 10.7 Å². The van der Waals surface area contributed by atoms with E-state index < -0.39 is 0 Å². The molecule has 0 bridgehead atoms. The van der Waals surface area contributed by atoms with Crippen molar-refractivity contribution >= 4 is 22.4 Å². The van der Waals surface area contributed by atoms with E-state index in [1.807, 2.05) is 25.3 Å². The van der Waals surface area contributed by atoms with E-state index in [1.54, 1.807) is 17.5 Å². The van der Waals surface area contributed by atoms with Crippen LogP contribution in [0.15, 0.2) is 24.5 Å². The van der Waals surface area contributed by atoms with E-state index >= 15 is 0 Å². The van der Waals surface area contributed by atoms with Crippen LogP contribution in [0.4, 0.5) is 0 Å². The molecule has 5 heteroatoms. The molecule has 0 amide bonds. The molecule has 98 valence electrons. The van der Waals surface area contributed by atoms with Crippen molar-refractivity contribution in [1.29, 1.82) is 0 Å². The van der Waals surface area contributed by atoms with Gasteiger partial charge in [-0.1, -0.05) is 0 Å². The zero-order valence-corrected chi connectivity index (χ0v) is 11.7. The van der Waals surface area contributed by atoms with Crippen LogP contribution in [0.2, 0.25) is 0 Å². The third kappa shape index (κ3) is 2.15. The predicted molar refractivity (Wildman–Crippen MR) is 76.3 cm³/mol. The Morgan fingerprint density at radius 3 is 2.89 bits per heavy atom. The topological polar surface area (TPSA) is 50.9 Å². The summed E-state index contributed by atoms with van der Waals surface area (Å²) in [6.45, 7) is 4.85. The maximum absolute atomic E-state index is 9.41. The van der Waals surface area contributed by atoms with Gasteiger partial charge in [0, 0.05) is 28.2 Å². The van der Waals surface area contributed by atoms with Crippen LogP contribution in [0.5, 0.6) is 0 Å². The van der Waals surface area contributed by atoms with Gasteiger partial charge in [0.25, 0.3) is 0 Å². The standard InChI is InChI=1S/C14H15N3OS/c1-9-10(2)19-13(16-9)7-17-6-11(8-18)12-4-3-5-15-14(12)17/h3-6,18H,7-8H2,1-2H3. The van der Waals surface area contributed by atoms with Crippen molar-refractivity contribution in [3.05, 3.63) is 45.7 Å². The van der Waals surface area contributed by atoms with E-state index in [0.29, 0.717) is 6.54 Å². The van der Waals surface area contributed by atoms with E-state index in [0.717, 1.165) is 27.3 Å². The number of fused-ring (bicyclic) bond motifs is 1. The SMILES string of the molecule is Cc1nc(Cn2cc(CO)c3cccnc32)sc1C. The summed E-state index contributed by atoms with van der Waals surface area (Å²) < 4.78 is 2.05. The highest BCUT2D eigenvalue weighted by Crippen LogP contribution is 2.23. The number of aliphatic hydroxyl groups excluding tert-OH is 1. The fourth-order valence-corrected chi connectivity index (χ4v) is 3.13. The first-order valence-corrected chi connectivity index (χ1v) is 6.97. The molecule has 0 saturated carbocycles. The molecule has 3 heterocycles. The van der Waals surface area contributed by atoms with E-state index in [1.165, 1.54) is 4.88 Å². The van der Waals surface area contributed by atoms with Crippen LogP contribution in [0.25, 0.3) is 11.0 Å². The maximum Gasteiger partial charge on any atom is 0.140 e. The van der Waals surface area contributed by atoms with Crippen LogP contribution in [0.3, 0.4) is 0 Å². The average Bonchev–Trinajstić information content (AvgIpc) is 2.92. The molecule has 4 nitrogen and oxygen atoms in total. The molecule has 0 aromatic carbocycles. The monoisotopic (exact) mass is 273 g/mol. The lowest BCUT2D eigenvalue weighted by molar-refractivity contribution is 0.283. The van der Waals surface area contributed by atoms with E-state index in [-0.39, 0.29) is 6.61 Å². The molecule has 19 heavy (non-hydrogen) atoms. The molecule has 0 radical (unpaired) electrons. The van der Waals surface area contributed by atoms with Gasteiger partial charge in [-0.3, -0.25) is 0 Å². The van der Waals surface area contributed by atoms with Gasteiger partial charge >= 0.3 is 0 Å². The first kappa shape index (κ1) is 12.3. The Morgan fingerprint density at radius 2 is 2.21 bits per heavy atom. The van der Waals surface area contributed by atoms with Gasteiger partial charge in [0.05, 0.1) is 18.8 Å². The molecule has 3 aromatic heterocycles. The van der Waals surface area contributed by atoms with Crippen molar-refractivity contribution in [3.63, 3.8) is 0 Å². The summed E-state index contributed by atoms with van der Waals surface area (Å²) in [7, 11) is 0. The molecule has 0 atom stereocenters. The molecule has 0 fully saturated rings. The number of hydrogen-bond donors (Lipinski definition) is 1. The fraction of sp³-hybridized carbons (Fsp3) is 0.286. The van der Waals surface area contributed by atoms with Gasteiger partial charge in [0.2, 0.25) is 0 Å². The van der Waals surface area contributed by atoms with Crippen LogP contribution < -0.4 is 0 Å². The number of aromatic nitrogens is 3. The van der Waals surface area contributed by atoms with Crippen molar-refractivity contribution < 1.29 is 5.11 Å². The van der Waals surface area contributed by atoms with E-state index in [9.17, 15) is 5.11 Å². The first-order valence-electron chi connectivity index (χ1n) is 6.15. The number of pyridine rings is 1. The minimum absolute atomic E-state index is 0.0329. The van der Waals surface area contributed by atoms with E-state index in [2.05, 4.69) is 21.5 Å². The van der Waals surface area contributed by atoms with Crippen molar-refractivity contribution in [2.75, 3.05) is 0 Å². The molecule has 1 N–H and O–H groups in total. The number of hydrogen-bond acceptors (Lipinski definition) is 4. The summed E-state index contributed by atoms with van der Waals surface area (Å²) in [6, 6.07) is 3.88. The lowest BCUT2D eigenvalue weighted by Gasteiger charge is -2.00. The summed E-state index contributed by atoms with van der Waals surface area (Å²) in [6.07, 6.45) is 3.74. The van der Waals surface area contributed by atoms with Crippen LogP contribution in [0, 0.1) is 13.8 Å². The Balaban J connectivity index is 2.05. The summed E-state index contributed by atoms with van der Waals surface area (Å²) in [5.41, 5.74) is 2.90. The first-order chi connectivity index (χ1) is 9.19. The lowest BCUT2D eigenvalue weighted by atomic mass is 10.2. The van der Waals surface area contributed by atoms with Gasteiger partial charge in [-0.05, 0) is 26.0 Å². The van der Waals surface area contributed by atoms with Crippen LogP contribution in [-0.4, -0.2) is 19.6 Å². The minimum atomic E-state index is 0.0329. The van der Waals surface area contributed by atoms with Crippen LogP contribution in [-0.2, 0) is 13.2 Å². The van der Waals surface area contributed by atoms with Crippen molar-refractivity contribution in [2.24, 2.45) is 0 Å². The summed E-state index contributed by atoms with van der Waals surface area (Å²) in [5.74, 6) is 0.